The number of hydrogen-bond donors (Lipinski definition) is 2. The summed E-state index contributed by atoms with van der Waals surface area (Å²) in [6.45, 7) is 2.10. The number of aryl methyl sites for hydroxylation is 1. The molecule has 3 unspecified atom stereocenters. The van der Waals surface area contributed by atoms with Crippen LogP contribution < -0.4 is 5.32 Å². The van der Waals surface area contributed by atoms with Crippen LogP contribution in [-0.2, 0) is 6.42 Å². The summed E-state index contributed by atoms with van der Waals surface area (Å²) in [4.78, 5) is 4.52. The van der Waals surface area contributed by atoms with Crippen molar-refractivity contribution < 1.29 is 0 Å². The lowest BCUT2D eigenvalue weighted by molar-refractivity contribution is 0.488. The lowest BCUT2D eigenvalue weighted by Gasteiger charge is -2.16. The lowest BCUT2D eigenvalue weighted by atomic mass is 9.89. The Bertz CT molecular complexity index is 333. The minimum absolute atomic E-state index is 0.560. The van der Waals surface area contributed by atoms with Crippen molar-refractivity contribution in [1.29, 1.82) is 0 Å². The van der Waals surface area contributed by atoms with Gasteiger partial charge < -0.3 is 5.32 Å². The summed E-state index contributed by atoms with van der Waals surface area (Å²) in [7, 11) is 0. The third-order valence-corrected chi connectivity index (χ3v) is 3.52. The van der Waals surface area contributed by atoms with Gasteiger partial charge in [-0.25, -0.2) is 4.98 Å². The molecular weight excluding hydrogens is 176 g/mol. The van der Waals surface area contributed by atoms with E-state index in [9.17, 15) is 0 Å². The normalized spacial score (nSPS) is 35.4. The first-order valence-corrected chi connectivity index (χ1v) is 5.54. The molecule has 2 aliphatic heterocycles. The second-order valence-corrected chi connectivity index (χ2v) is 4.38. The molecule has 2 aliphatic rings. The number of fused-ring (bicyclic) bond motifs is 2. The Balaban J connectivity index is 1.82. The third-order valence-electron chi connectivity index (χ3n) is 3.52. The van der Waals surface area contributed by atoms with E-state index < -0.39 is 0 Å². The first-order chi connectivity index (χ1) is 6.86. The van der Waals surface area contributed by atoms with Gasteiger partial charge in [0.1, 0.15) is 5.82 Å². The molecule has 1 aromatic rings. The quantitative estimate of drug-likeness (QED) is 0.734. The van der Waals surface area contributed by atoms with E-state index in [4.69, 9.17) is 0 Å². The van der Waals surface area contributed by atoms with Crippen LogP contribution in [-0.4, -0.2) is 27.3 Å². The largest absolute Gasteiger partial charge is 0.310 e. The number of hydrogen-bond acceptors (Lipinski definition) is 3. The molecule has 4 heteroatoms. The highest BCUT2D eigenvalue weighted by molar-refractivity contribution is 5.11. The molecular formula is C10H16N4. The molecule has 0 spiro atoms. The van der Waals surface area contributed by atoms with Crippen molar-refractivity contribution in [3.8, 4) is 0 Å². The molecule has 4 nitrogen and oxygen atoms in total. The van der Waals surface area contributed by atoms with Crippen LogP contribution in [0.3, 0.4) is 0 Å². The fraction of sp³-hybridized carbons (Fsp3) is 0.800. The summed E-state index contributed by atoms with van der Waals surface area (Å²) < 4.78 is 0. The van der Waals surface area contributed by atoms with Gasteiger partial charge >= 0.3 is 0 Å². The Morgan fingerprint density at radius 3 is 2.93 bits per heavy atom. The van der Waals surface area contributed by atoms with E-state index in [0.29, 0.717) is 12.0 Å². The molecule has 2 fully saturated rings. The van der Waals surface area contributed by atoms with E-state index in [1.165, 1.54) is 19.3 Å². The van der Waals surface area contributed by atoms with E-state index >= 15 is 0 Å². The molecule has 3 heterocycles. The highest BCUT2D eigenvalue weighted by atomic mass is 15.2. The molecule has 0 amide bonds. The summed E-state index contributed by atoms with van der Waals surface area (Å²) in [5.41, 5.74) is 0. The molecule has 0 aliphatic carbocycles. The van der Waals surface area contributed by atoms with Gasteiger partial charge in [-0.1, -0.05) is 6.92 Å². The van der Waals surface area contributed by atoms with Crippen molar-refractivity contribution in [3.05, 3.63) is 11.6 Å². The van der Waals surface area contributed by atoms with Gasteiger partial charge in [0.2, 0.25) is 0 Å². The number of rotatable bonds is 2. The number of nitrogens with zero attached hydrogens (tertiary/aromatic N) is 2. The maximum absolute atomic E-state index is 4.52. The standard InChI is InChI=1S/C10H16N4/c1-2-9-12-10(14-13-9)7-5-6-3-4-8(7)11-6/h6-8,11H,2-5H2,1H3,(H,12,13,14). The minimum atomic E-state index is 0.560. The maximum atomic E-state index is 4.52. The van der Waals surface area contributed by atoms with E-state index in [1.54, 1.807) is 0 Å². The second kappa shape index (κ2) is 3.05. The number of aromatic amines is 1. The SMILES string of the molecule is CCc1nc(C2CC3CCC2N3)n[nH]1. The monoisotopic (exact) mass is 192 g/mol. The lowest BCUT2D eigenvalue weighted by Crippen LogP contribution is -2.22. The van der Waals surface area contributed by atoms with Crippen molar-refractivity contribution in [2.75, 3.05) is 0 Å². The zero-order valence-corrected chi connectivity index (χ0v) is 8.45. The Labute approximate surface area is 83.5 Å². The van der Waals surface area contributed by atoms with Gasteiger partial charge in [-0.2, -0.15) is 5.10 Å². The summed E-state index contributed by atoms with van der Waals surface area (Å²) in [6.07, 6.45) is 4.81. The maximum Gasteiger partial charge on any atom is 0.155 e. The number of nitrogens with one attached hydrogen (secondary N) is 2. The van der Waals surface area contributed by atoms with Gasteiger partial charge in [0.15, 0.2) is 5.82 Å². The molecule has 2 bridgehead atoms. The molecule has 3 atom stereocenters. The molecule has 3 rings (SSSR count). The molecule has 2 saturated heterocycles. The van der Waals surface area contributed by atoms with Gasteiger partial charge in [-0.05, 0) is 19.3 Å². The summed E-state index contributed by atoms with van der Waals surface area (Å²) in [5.74, 6) is 2.61. The summed E-state index contributed by atoms with van der Waals surface area (Å²) in [5, 5.41) is 10.9. The van der Waals surface area contributed by atoms with Crippen molar-refractivity contribution in [1.82, 2.24) is 20.5 Å². The van der Waals surface area contributed by atoms with Crippen molar-refractivity contribution in [3.63, 3.8) is 0 Å². The van der Waals surface area contributed by atoms with Gasteiger partial charge in [0.25, 0.3) is 0 Å². The van der Waals surface area contributed by atoms with Crippen molar-refractivity contribution in [2.24, 2.45) is 0 Å². The zero-order valence-electron chi connectivity index (χ0n) is 8.45. The van der Waals surface area contributed by atoms with E-state index in [1.807, 2.05) is 0 Å². The second-order valence-electron chi connectivity index (χ2n) is 4.38. The van der Waals surface area contributed by atoms with Crippen LogP contribution in [0.25, 0.3) is 0 Å². The van der Waals surface area contributed by atoms with Gasteiger partial charge in [-0.3, -0.25) is 5.10 Å². The van der Waals surface area contributed by atoms with Crippen molar-refractivity contribution >= 4 is 0 Å². The van der Waals surface area contributed by atoms with Crippen LogP contribution in [0, 0.1) is 0 Å². The number of aromatic nitrogens is 3. The summed E-state index contributed by atoms with van der Waals surface area (Å²) >= 11 is 0. The van der Waals surface area contributed by atoms with Gasteiger partial charge in [0.05, 0.1) is 0 Å². The molecule has 1 aromatic heterocycles. The van der Waals surface area contributed by atoms with E-state index in [-0.39, 0.29) is 0 Å². The average Bonchev–Trinajstić information content (AvgIpc) is 2.93. The van der Waals surface area contributed by atoms with Gasteiger partial charge in [0, 0.05) is 24.4 Å². The topological polar surface area (TPSA) is 53.6 Å². The van der Waals surface area contributed by atoms with E-state index in [0.717, 1.165) is 24.1 Å². The van der Waals surface area contributed by atoms with Crippen molar-refractivity contribution in [2.45, 2.75) is 50.6 Å². The van der Waals surface area contributed by atoms with Crippen LogP contribution in [0.5, 0.6) is 0 Å². The Hall–Kier alpha value is -0.900. The first-order valence-electron chi connectivity index (χ1n) is 5.54. The minimum Gasteiger partial charge on any atom is -0.310 e. The van der Waals surface area contributed by atoms with Gasteiger partial charge in [-0.15, -0.1) is 0 Å². The smallest absolute Gasteiger partial charge is 0.155 e. The molecule has 2 N–H and O–H groups in total. The fourth-order valence-electron chi connectivity index (χ4n) is 2.74. The highest BCUT2D eigenvalue weighted by Gasteiger charge is 2.41. The fourth-order valence-corrected chi connectivity index (χ4v) is 2.74. The third kappa shape index (κ3) is 1.17. The van der Waals surface area contributed by atoms with Crippen LogP contribution in [0.1, 0.15) is 43.8 Å². The molecule has 14 heavy (non-hydrogen) atoms. The molecule has 0 saturated carbocycles. The Morgan fingerprint density at radius 1 is 1.43 bits per heavy atom. The average molecular weight is 192 g/mol. The predicted molar refractivity (Wildman–Crippen MR) is 53.1 cm³/mol. The van der Waals surface area contributed by atoms with Crippen LogP contribution >= 0.6 is 0 Å². The van der Waals surface area contributed by atoms with Crippen LogP contribution in [0.4, 0.5) is 0 Å². The highest BCUT2D eigenvalue weighted by Crippen LogP contribution is 2.38. The number of H-pyrrole nitrogens is 1. The molecule has 0 aromatic carbocycles. The molecule has 76 valence electrons. The zero-order chi connectivity index (χ0) is 9.54. The summed E-state index contributed by atoms with van der Waals surface area (Å²) in [6, 6.07) is 1.37. The van der Waals surface area contributed by atoms with Crippen LogP contribution in [0.2, 0.25) is 0 Å². The van der Waals surface area contributed by atoms with E-state index in [2.05, 4.69) is 27.4 Å². The Morgan fingerprint density at radius 2 is 2.36 bits per heavy atom. The predicted octanol–water partition coefficient (Wildman–Crippen LogP) is 0.975. The van der Waals surface area contributed by atoms with Crippen LogP contribution in [0.15, 0.2) is 0 Å². The first kappa shape index (κ1) is 8.41. The Kier molecular flexibility index (Phi) is 1.83. The molecule has 0 radical (unpaired) electrons.